The van der Waals surface area contributed by atoms with Crippen LogP contribution in [0.3, 0.4) is 0 Å². The fourth-order valence-corrected chi connectivity index (χ4v) is 2.90. The Labute approximate surface area is 125 Å². The number of hydrogen-bond acceptors (Lipinski definition) is 2. The van der Waals surface area contributed by atoms with Gasteiger partial charge in [-0.2, -0.15) is 0 Å². The maximum absolute atomic E-state index is 13.6. The summed E-state index contributed by atoms with van der Waals surface area (Å²) >= 11 is 5.74. The lowest BCUT2D eigenvalue weighted by molar-refractivity contribution is 0.101. The van der Waals surface area contributed by atoms with E-state index in [2.05, 4.69) is 12.2 Å². The Morgan fingerprint density at radius 3 is 3.00 bits per heavy atom. The first kappa shape index (κ1) is 15.7. The number of ether oxygens (including phenoxy) is 1. The second-order valence-electron chi connectivity index (χ2n) is 5.35. The Morgan fingerprint density at radius 1 is 1.50 bits per heavy atom. The Morgan fingerprint density at radius 2 is 2.35 bits per heavy atom. The van der Waals surface area contributed by atoms with E-state index in [0.717, 1.165) is 38.0 Å². The largest absolute Gasteiger partial charge is 0.378 e. The van der Waals surface area contributed by atoms with Crippen molar-refractivity contribution in [2.75, 3.05) is 13.2 Å². The molecule has 1 aliphatic heterocycles. The van der Waals surface area contributed by atoms with E-state index in [1.807, 2.05) is 6.07 Å². The highest BCUT2D eigenvalue weighted by molar-refractivity contribution is 6.30. The molecular weight excluding hydrogens is 277 g/mol. The Balaban J connectivity index is 1.89. The van der Waals surface area contributed by atoms with Gasteiger partial charge in [-0.05, 0) is 56.3 Å². The monoisotopic (exact) mass is 299 g/mol. The first-order valence-corrected chi connectivity index (χ1v) is 7.88. The summed E-state index contributed by atoms with van der Waals surface area (Å²) < 4.78 is 19.2. The molecule has 0 spiro atoms. The Hall–Kier alpha value is -0.640. The molecule has 2 rings (SSSR count). The zero-order chi connectivity index (χ0) is 14.4. The van der Waals surface area contributed by atoms with Crippen molar-refractivity contribution in [2.24, 2.45) is 0 Å². The van der Waals surface area contributed by atoms with Gasteiger partial charge in [0.05, 0.1) is 11.1 Å². The maximum atomic E-state index is 13.6. The summed E-state index contributed by atoms with van der Waals surface area (Å²) in [6, 6.07) is 5.27. The van der Waals surface area contributed by atoms with E-state index in [1.54, 1.807) is 12.1 Å². The summed E-state index contributed by atoms with van der Waals surface area (Å²) in [6.07, 6.45) is 5.98. The normalized spacial score (nSPS) is 20.2. The van der Waals surface area contributed by atoms with Gasteiger partial charge in [0.1, 0.15) is 5.82 Å². The smallest absolute Gasteiger partial charge is 0.142 e. The van der Waals surface area contributed by atoms with Crippen LogP contribution in [0.1, 0.15) is 50.6 Å². The van der Waals surface area contributed by atoms with E-state index in [0.29, 0.717) is 6.10 Å². The predicted octanol–water partition coefficient (Wildman–Crippen LogP) is 4.48. The molecule has 2 atom stereocenters. The van der Waals surface area contributed by atoms with Gasteiger partial charge in [-0.3, -0.25) is 0 Å². The Bertz CT molecular complexity index is 421. The van der Waals surface area contributed by atoms with Crippen molar-refractivity contribution in [1.82, 2.24) is 5.32 Å². The van der Waals surface area contributed by atoms with E-state index in [4.69, 9.17) is 16.3 Å². The summed E-state index contributed by atoms with van der Waals surface area (Å²) in [5.41, 5.74) is 0.973. The summed E-state index contributed by atoms with van der Waals surface area (Å²) in [6.45, 7) is 3.85. The molecule has 0 bridgehead atoms. The van der Waals surface area contributed by atoms with Gasteiger partial charge < -0.3 is 10.1 Å². The molecule has 0 saturated carbocycles. The van der Waals surface area contributed by atoms with Gasteiger partial charge in [-0.1, -0.05) is 24.6 Å². The molecule has 2 nitrogen and oxygen atoms in total. The first-order chi connectivity index (χ1) is 9.70. The SMILES string of the molecule is CCNC(CCCC1CCCO1)c1ccc(Cl)c(F)c1. The van der Waals surface area contributed by atoms with Crippen LogP contribution in [0.4, 0.5) is 4.39 Å². The van der Waals surface area contributed by atoms with E-state index in [9.17, 15) is 4.39 Å². The van der Waals surface area contributed by atoms with Crippen molar-refractivity contribution < 1.29 is 9.13 Å². The number of benzene rings is 1. The average molecular weight is 300 g/mol. The second kappa shape index (κ2) is 7.96. The molecule has 112 valence electrons. The molecule has 20 heavy (non-hydrogen) atoms. The molecule has 0 radical (unpaired) electrons. The molecule has 0 aromatic heterocycles. The molecule has 1 aromatic rings. The van der Waals surface area contributed by atoms with E-state index in [1.165, 1.54) is 12.8 Å². The third kappa shape index (κ3) is 4.44. The molecule has 2 unspecified atom stereocenters. The van der Waals surface area contributed by atoms with Crippen LogP contribution in [0, 0.1) is 5.82 Å². The molecule has 1 N–H and O–H groups in total. The van der Waals surface area contributed by atoms with Crippen LogP contribution in [0.15, 0.2) is 18.2 Å². The van der Waals surface area contributed by atoms with Crippen molar-refractivity contribution in [2.45, 2.75) is 51.2 Å². The lowest BCUT2D eigenvalue weighted by atomic mass is 9.99. The lowest BCUT2D eigenvalue weighted by Gasteiger charge is -2.19. The van der Waals surface area contributed by atoms with E-state index < -0.39 is 0 Å². The predicted molar refractivity (Wildman–Crippen MR) is 80.7 cm³/mol. The summed E-state index contributed by atoms with van der Waals surface area (Å²) in [4.78, 5) is 0. The van der Waals surface area contributed by atoms with Crippen LogP contribution < -0.4 is 5.32 Å². The van der Waals surface area contributed by atoms with Crippen LogP contribution >= 0.6 is 11.6 Å². The average Bonchev–Trinajstić information content (AvgIpc) is 2.94. The minimum absolute atomic E-state index is 0.184. The van der Waals surface area contributed by atoms with Crippen molar-refractivity contribution >= 4 is 11.6 Å². The van der Waals surface area contributed by atoms with Crippen LogP contribution in [0.5, 0.6) is 0 Å². The third-order valence-electron chi connectivity index (χ3n) is 3.84. The number of halogens is 2. The minimum atomic E-state index is -0.341. The van der Waals surface area contributed by atoms with Gasteiger partial charge in [0.15, 0.2) is 0 Å². The fourth-order valence-electron chi connectivity index (χ4n) is 2.78. The molecule has 0 aliphatic carbocycles. The van der Waals surface area contributed by atoms with Crippen LogP contribution in [-0.2, 0) is 4.74 Å². The fraction of sp³-hybridized carbons (Fsp3) is 0.625. The van der Waals surface area contributed by atoms with Crippen LogP contribution in [0.2, 0.25) is 5.02 Å². The molecule has 1 fully saturated rings. The first-order valence-electron chi connectivity index (χ1n) is 7.50. The molecule has 0 amide bonds. The topological polar surface area (TPSA) is 21.3 Å². The molecule has 4 heteroatoms. The van der Waals surface area contributed by atoms with E-state index in [-0.39, 0.29) is 16.9 Å². The summed E-state index contributed by atoms with van der Waals surface area (Å²) in [5, 5.41) is 3.60. The molecule has 1 heterocycles. The van der Waals surface area contributed by atoms with Gasteiger partial charge in [0.2, 0.25) is 0 Å². The number of hydrogen-bond donors (Lipinski definition) is 1. The summed E-state index contributed by atoms with van der Waals surface area (Å²) in [7, 11) is 0. The highest BCUT2D eigenvalue weighted by Crippen LogP contribution is 2.25. The molecular formula is C16H23ClFNO. The maximum Gasteiger partial charge on any atom is 0.142 e. The van der Waals surface area contributed by atoms with Crippen molar-refractivity contribution in [3.05, 3.63) is 34.6 Å². The zero-order valence-corrected chi connectivity index (χ0v) is 12.8. The standard InChI is InChI=1S/C16H23ClFNO/c1-2-19-16(7-3-5-13-6-4-10-20-13)12-8-9-14(17)15(18)11-12/h8-9,11,13,16,19H,2-7,10H2,1H3. The quantitative estimate of drug-likeness (QED) is 0.801. The van der Waals surface area contributed by atoms with Gasteiger partial charge in [0, 0.05) is 12.6 Å². The zero-order valence-electron chi connectivity index (χ0n) is 12.0. The molecule has 1 aliphatic rings. The van der Waals surface area contributed by atoms with Gasteiger partial charge in [0.25, 0.3) is 0 Å². The molecule has 1 saturated heterocycles. The highest BCUT2D eigenvalue weighted by atomic mass is 35.5. The number of rotatable bonds is 7. The third-order valence-corrected chi connectivity index (χ3v) is 4.15. The molecule has 1 aromatic carbocycles. The van der Waals surface area contributed by atoms with Gasteiger partial charge in [-0.15, -0.1) is 0 Å². The van der Waals surface area contributed by atoms with Crippen LogP contribution in [0.25, 0.3) is 0 Å². The lowest BCUT2D eigenvalue weighted by Crippen LogP contribution is -2.21. The minimum Gasteiger partial charge on any atom is -0.378 e. The van der Waals surface area contributed by atoms with Crippen molar-refractivity contribution in [1.29, 1.82) is 0 Å². The van der Waals surface area contributed by atoms with Gasteiger partial charge in [-0.25, -0.2) is 4.39 Å². The van der Waals surface area contributed by atoms with Crippen LogP contribution in [-0.4, -0.2) is 19.3 Å². The Kier molecular flexibility index (Phi) is 6.27. The van der Waals surface area contributed by atoms with Gasteiger partial charge >= 0.3 is 0 Å². The second-order valence-corrected chi connectivity index (χ2v) is 5.76. The summed E-state index contributed by atoms with van der Waals surface area (Å²) in [5.74, 6) is -0.341. The van der Waals surface area contributed by atoms with E-state index >= 15 is 0 Å². The van der Waals surface area contributed by atoms with Crippen molar-refractivity contribution in [3.63, 3.8) is 0 Å². The number of nitrogens with one attached hydrogen (secondary N) is 1. The highest BCUT2D eigenvalue weighted by Gasteiger charge is 2.17. The van der Waals surface area contributed by atoms with Crippen molar-refractivity contribution in [3.8, 4) is 0 Å².